The minimum absolute atomic E-state index is 0.0133. The van der Waals surface area contributed by atoms with Gasteiger partial charge < -0.3 is 5.32 Å². The lowest BCUT2D eigenvalue weighted by molar-refractivity contribution is -0.116. The van der Waals surface area contributed by atoms with Crippen molar-refractivity contribution in [3.63, 3.8) is 0 Å². The van der Waals surface area contributed by atoms with Crippen LogP contribution in [0.15, 0.2) is 47.3 Å². The second-order valence-electron chi connectivity index (χ2n) is 9.05. The minimum atomic E-state index is -0.257. The molecule has 2 aliphatic rings. The number of amides is 1. The van der Waals surface area contributed by atoms with E-state index in [-0.39, 0.29) is 11.5 Å². The number of nitrogens with one attached hydrogen (secondary N) is 2. The van der Waals surface area contributed by atoms with Gasteiger partial charge in [0.25, 0.3) is 5.56 Å². The van der Waals surface area contributed by atoms with Gasteiger partial charge in [-0.05, 0) is 25.2 Å². The molecule has 0 bridgehead atoms. The smallest absolute Gasteiger partial charge is 0.252 e. The molecule has 1 amide bonds. The zero-order valence-corrected chi connectivity index (χ0v) is 18.2. The second kappa shape index (κ2) is 9.10. The van der Waals surface area contributed by atoms with Crippen LogP contribution in [0, 0.1) is 5.92 Å². The first-order valence-electron chi connectivity index (χ1n) is 11.7. The summed E-state index contributed by atoms with van der Waals surface area (Å²) in [6.07, 6.45) is 9.96. The summed E-state index contributed by atoms with van der Waals surface area (Å²) in [7, 11) is 0. The number of anilines is 1. The summed E-state index contributed by atoms with van der Waals surface area (Å²) >= 11 is 0. The van der Waals surface area contributed by atoms with Gasteiger partial charge in [0.2, 0.25) is 11.9 Å². The van der Waals surface area contributed by atoms with Gasteiger partial charge in [0.15, 0.2) is 0 Å². The van der Waals surface area contributed by atoms with Crippen molar-refractivity contribution >= 4 is 11.7 Å². The highest BCUT2D eigenvalue weighted by Crippen LogP contribution is 2.40. The molecule has 2 fully saturated rings. The number of rotatable bonds is 7. The number of aromatic amines is 1. The first-order chi connectivity index (χ1) is 15.7. The Morgan fingerprint density at radius 2 is 1.84 bits per heavy atom. The van der Waals surface area contributed by atoms with Gasteiger partial charge in [0, 0.05) is 30.0 Å². The van der Waals surface area contributed by atoms with Crippen LogP contribution in [-0.4, -0.2) is 25.7 Å². The molecule has 0 spiro atoms. The average molecular weight is 432 g/mol. The number of carbonyl (C=O) groups is 1. The number of H-pyrrole nitrogens is 1. The van der Waals surface area contributed by atoms with Crippen LogP contribution < -0.4 is 10.9 Å². The number of hydrogen-bond acceptors (Lipinski definition) is 4. The Balaban J connectivity index is 1.40. The molecule has 0 radical (unpaired) electrons. The third-order valence-electron chi connectivity index (χ3n) is 6.50. The Hall–Kier alpha value is -3.22. The molecular weight excluding hydrogens is 402 g/mol. The van der Waals surface area contributed by atoms with E-state index in [2.05, 4.69) is 15.3 Å². The maximum Gasteiger partial charge on any atom is 0.252 e. The number of hydrogen-bond donors (Lipinski definition) is 2. The molecular formula is C25H29N5O2. The molecule has 32 heavy (non-hydrogen) atoms. The normalized spacial score (nSPS) is 16.8. The van der Waals surface area contributed by atoms with Gasteiger partial charge in [-0.3, -0.25) is 14.6 Å². The van der Waals surface area contributed by atoms with Crippen molar-refractivity contribution in [2.24, 2.45) is 5.92 Å². The highest BCUT2D eigenvalue weighted by atomic mass is 16.1. The van der Waals surface area contributed by atoms with Gasteiger partial charge in [-0.1, -0.05) is 62.4 Å². The maximum atomic E-state index is 12.7. The molecule has 2 N–H and O–H groups in total. The molecule has 7 nitrogen and oxygen atoms in total. The van der Waals surface area contributed by atoms with Crippen LogP contribution in [0.2, 0.25) is 0 Å². The molecule has 0 saturated heterocycles. The van der Waals surface area contributed by atoms with Crippen LogP contribution in [0.5, 0.6) is 0 Å². The Labute approximate surface area is 187 Å². The van der Waals surface area contributed by atoms with Crippen molar-refractivity contribution in [1.29, 1.82) is 0 Å². The highest BCUT2D eigenvalue weighted by molar-refractivity contribution is 5.90. The van der Waals surface area contributed by atoms with E-state index in [0.29, 0.717) is 35.7 Å². The van der Waals surface area contributed by atoms with E-state index in [1.165, 1.54) is 38.2 Å². The predicted molar refractivity (Wildman–Crippen MR) is 124 cm³/mol. The standard InChI is InChI=1S/C25H29N5O2/c31-23(14-11-17-7-3-1-4-8-17)27-22-15-21(19-12-13-19)29-30(22)25-26-20(16-24(32)28-25)18-9-5-2-6-10-18/h2,5-6,9-10,15-17,19H,1,3-4,7-8,11-14H2,(H,27,31)(H,26,28,32). The molecule has 5 rings (SSSR count). The van der Waals surface area contributed by atoms with Gasteiger partial charge in [-0.15, -0.1) is 0 Å². The summed E-state index contributed by atoms with van der Waals surface area (Å²) < 4.78 is 1.57. The average Bonchev–Trinajstić information content (AvgIpc) is 3.59. The third-order valence-corrected chi connectivity index (χ3v) is 6.50. The summed E-state index contributed by atoms with van der Waals surface area (Å²) in [5, 5.41) is 7.72. The largest absolute Gasteiger partial charge is 0.310 e. The molecule has 2 aliphatic carbocycles. The summed E-state index contributed by atoms with van der Waals surface area (Å²) in [6, 6.07) is 13.0. The first kappa shape index (κ1) is 20.7. The Morgan fingerprint density at radius 1 is 1.06 bits per heavy atom. The molecule has 0 atom stereocenters. The monoisotopic (exact) mass is 431 g/mol. The molecule has 1 aromatic carbocycles. The number of carbonyl (C=O) groups excluding carboxylic acids is 1. The van der Waals surface area contributed by atoms with E-state index < -0.39 is 0 Å². The third kappa shape index (κ3) is 4.82. The van der Waals surface area contributed by atoms with Crippen molar-refractivity contribution in [1.82, 2.24) is 19.7 Å². The summed E-state index contributed by atoms with van der Waals surface area (Å²) in [6.45, 7) is 0. The van der Waals surface area contributed by atoms with E-state index >= 15 is 0 Å². The van der Waals surface area contributed by atoms with Crippen LogP contribution in [0.3, 0.4) is 0 Å². The quantitative estimate of drug-likeness (QED) is 0.562. The molecule has 0 unspecified atom stereocenters. The lowest BCUT2D eigenvalue weighted by Crippen LogP contribution is -2.19. The van der Waals surface area contributed by atoms with E-state index in [4.69, 9.17) is 5.10 Å². The Kier molecular flexibility index (Phi) is 5.88. The SMILES string of the molecule is O=C(CCC1CCCCC1)Nc1cc(C2CC2)nn1-c1nc(-c2ccccc2)cc(=O)[nH]1. The topological polar surface area (TPSA) is 92.7 Å². The van der Waals surface area contributed by atoms with E-state index in [0.717, 1.165) is 30.5 Å². The van der Waals surface area contributed by atoms with Gasteiger partial charge in [0.1, 0.15) is 5.82 Å². The van der Waals surface area contributed by atoms with E-state index in [9.17, 15) is 9.59 Å². The molecule has 2 heterocycles. The number of aromatic nitrogens is 4. The maximum absolute atomic E-state index is 12.7. The Bertz CT molecular complexity index is 1140. The Morgan fingerprint density at radius 3 is 2.59 bits per heavy atom. The van der Waals surface area contributed by atoms with Crippen molar-refractivity contribution in [3.8, 4) is 17.2 Å². The fourth-order valence-electron chi connectivity index (χ4n) is 4.55. The van der Waals surface area contributed by atoms with Gasteiger partial charge >= 0.3 is 0 Å². The zero-order chi connectivity index (χ0) is 21.9. The fraction of sp³-hybridized carbons (Fsp3) is 0.440. The van der Waals surface area contributed by atoms with Crippen LogP contribution >= 0.6 is 0 Å². The summed E-state index contributed by atoms with van der Waals surface area (Å²) in [4.78, 5) is 32.6. The molecule has 7 heteroatoms. The molecule has 2 aromatic heterocycles. The van der Waals surface area contributed by atoms with Crippen molar-refractivity contribution in [3.05, 3.63) is 58.5 Å². The van der Waals surface area contributed by atoms with Crippen molar-refractivity contribution in [2.75, 3.05) is 5.32 Å². The van der Waals surface area contributed by atoms with Crippen molar-refractivity contribution in [2.45, 2.75) is 63.7 Å². The van der Waals surface area contributed by atoms with Crippen LogP contribution in [0.4, 0.5) is 5.82 Å². The zero-order valence-electron chi connectivity index (χ0n) is 18.2. The van der Waals surface area contributed by atoms with E-state index in [1.807, 2.05) is 36.4 Å². The number of nitrogens with zero attached hydrogens (tertiary/aromatic N) is 3. The highest BCUT2D eigenvalue weighted by Gasteiger charge is 2.28. The molecule has 2 saturated carbocycles. The number of benzene rings is 1. The van der Waals surface area contributed by atoms with Crippen LogP contribution in [-0.2, 0) is 4.79 Å². The summed E-state index contributed by atoms with van der Waals surface area (Å²) in [5.41, 5.74) is 2.10. The van der Waals surface area contributed by atoms with Gasteiger partial charge in [-0.25, -0.2) is 4.98 Å². The lowest BCUT2D eigenvalue weighted by Gasteiger charge is -2.21. The van der Waals surface area contributed by atoms with Crippen LogP contribution in [0.1, 0.15) is 69.4 Å². The van der Waals surface area contributed by atoms with Crippen molar-refractivity contribution < 1.29 is 4.79 Å². The van der Waals surface area contributed by atoms with E-state index in [1.54, 1.807) is 4.68 Å². The van der Waals surface area contributed by atoms with Gasteiger partial charge in [0.05, 0.1) is 11.4 Å². The second-order valence-corrected chi connectivity index (χ2v) is 9.05. The van der Waals surface area contributed by atoms with Crippen LogP contribution in [0.25, 0.3) is 17.2 Å². The van der Waals surface area contributed by atoms with Gasteiger partial charge in [-0.2, -0.15) is 9.78 Å². The summed E-state index contributed by atoms with van der Waals surface area (Å²) in [5.74, 6) is 1.93. The first-order valence-corrected chi connectivity index (χ1v) is 11.7. The predicted octanol–water partition coefficient (Wildman–Crippen LogP) is 4.80. The molecule has 3 aromatic rings. The molecule has 166 valence electrons. The fourth-order valence-corrected chi connectivity index (χ4v) is 4.55. The minimum Gasteiger partial charge on any atom is -0.310 e. The lowest BCUT2D eigenvalue weighted by atomic mass is 9.86. The molecule has 0 aliphatic heterocycles.